The van der Waals surface area contributed by atoms with E-state index in [9.17, 15) is 4.79 Å². The van der Waals surface area contributed by atoms with E-state index in [4.69, 9.17) is 18.6 Å². The molecular weight excluding hydrogens is 482 g/mol. The van der Waals surface area contributed by atoms with Crippen molar-refractivity contribution in [2.75, 3.05) is 6.79 Å². The van der Waals surface area contributed by atoms with E-state index < -0.39 is 0 Å². The van der Waals surface area contributed by atoms with E-state index in [1.54, 1.807) is 0 Å². The molecule has 196 valence electrons. The normalized spacial score (nSPS) is 12.9. The lowest BCUT2D eigenvalue weighted by atomic mass is 10.1. The quantitative estimate of drug-likeness (QED) is 0.266. The molecule has 8 heteroatoms. The van der Waals surface area contributed by atoms with E-state index in [0.717, 1.165) is 40.5 Å². The Hall–Kier alpha value is -4.30. The summed E-state index contributed by atoms with van der Waals surface area (Å²) in [7, 11) is 0. The Morgan fingerprint density at radius 2 is 1.71 bits per heavy atom. The number of aromatic nitrogens is 1. The fraction of sp³-hybridized carbons (Fsp3) is 0.267. The number of carbonyl (C=O) groups excluding carboxylic acids is 1. The molecule has 0 spiro atoms. The van der Waals surface area contributed by atoms with Crippen molar-refractivity contribution in [2.45, 2.75) is 45.9 Å². The summed E-state index contributed by atoms with van der Waals surface area (Å²) in [6.07, 6.45) is 2.26. The number of hydrogen-bond acceptors (Lipinski definition) is 7. The molecule has 0 fully saturated rings. The van der Waals surface area contributed by atoms with Crippen LogP contribution in [0.2, 0.25) is 0 Å². The summed E-state index contributed by atoms with van der Waals surface area (Å²) in [6, 6.07) is 23.7. The Morgan fingerprint density at radius 3 is 2.53 bits per heavy atom. The Kier molecular flexibility index (Phi) is 7.89. The molecule has 0 aliphatic carbocycles. The molecule has 1 atom stereocenters. The first-order chi connectivity index (χ1) is 18.6. The average Bonchev–Trinajstić information content (AvgIpc) is 3.59. The molecule has 38 heavy (non-hydrogen) atoms. The zero-order valence-electron chi connectivity index (χ0n) is 21.6. The van der Waals surface area contributed by atoms with Crippen LogP contribution in [0.15, 0.2) is 83.5 Å². The molecule has 3 aromatic carbocycles. The maximum Gasteiger partial charge on any atom is 0.273 e. The third-order valence-corrected chi connectivity index (χ3v) is 6.26. The summed E-state index contributed by atoms with van der Waals surface area (Å²) in [5.74, 6) is 3.26. The molecule has 1 unspecified atom stereocenters. The second kappa shape index (κ2) is 11.8. The monoisotopic (exact) mass is 513 g/mol. The van der Waals surface area contributed by atoms with Gasteiger partial charge in [-0.25, -0.2) is 4.98 Å². The maximum atomic E-state index is 12.5. The molecule has 1 aliphatic heterocycles. The van der Waals surface area contributed by atoms with Crippen LogP contribution in [-0.2, 0) is 19.6 Å². The fourth-order valence-corrected chi connectivity index (χ4v) is 4.13. The molecule has 1 aromatic heterocycles. The molecule has 2 heterocycles. The van der Waals surface area contributed by atoms with Crippen LogP contribution < -0.4 is 19.5 Å². The lowest BCUT2D eigenvalue weighted by Gasteiger charge is -2.21. The van der Waals surface area contributed by atoms with E-state index in [-0.39, 0.29) is 24.4 Å². The van der Waals surface area contributed by atoms with Crippen LogP contribution in [0.4, 0.5) is 0 Å². The number of nitrogens with one attached hydrogen (secondary N) is 1. The molecule has 0 saturated heterocycles. The minimum Gasteiger partial charge on any atom is -0.457 e. The van der Waals surface area contributed by atoms with Crippen LogP contribution in [0.25, 0.3) is 0 Å². The van der Waals surface area contributed by atoms with Crippen molar-refractivity contribution < 1.29 is 23.4 Å². The average molecular weight is 514 g/mol. The third kappa shape index (κ3) is 6.52. The van der Waals surface area contributed by atoms with Gasteiger partial charge in [0.25, 0.3) is 5.91 Å². The first kappa shape index (κ1) is 25.4. The number of oxazole rings is 1. The van der Waals surface area contributed by atoms with Gasteiger partial charge in [0.1, 0.15) is 17.8 Å². The summed E-state index contributed by atoms with van der Waals surface area (Å²) in [6.45, 7) is 5.84. The zero-order chi connectivity index (χ0) is 26.3. The van der Waals surface area contributed by atoms with Gasteiger partial charge in [0.2, 0.25) is 12.7 Å². The minimum absolute atomic E-state index is 0.0653. The van der Waals surface area contributed by atoms with E-state index in [1.807, 2.05) is 80.6 Å². The van der Waals surface area contributed by atoms with Gasteiger partial charge in [-0.1, -0.05) is 43.3 Å². The SMILES string of the molecule is CCC(C)NC(=O)c1coc(CN(Cc2cccc(Oc3ccccc3)c2)Cc2ccc3c(c2)OCO3)n1. The highest BCUT2D eigenvalue weighted by atomic mass is 16.7. The number of carbonyl (C=O) groups is 1. The van der Waals surface area contributed by atoms with Crippen molar-refractivity contribution in [3.63, 3.8) is 0 Å². The molecule has 1 N–H and O–H groups in total. The van der Waals surface area contributed by atoms with E-state index in [1.165, 1.54) is 6.26 Å². The summed E-state index contributed by atoms with van der Waals surface area (Å²) >= 11 is 0. The van der Waals surface area contributed by atoms with Gasteiger partial charge < -0.3 is 23.9 Å². The van der Waals surface area contributed by atoms with Gasteiger partial charge >= 0.3 is 0 Å². The minimum atomic E-state index is -0.234. The Bertz CT molecular complexity index is 1370. The van der Waals surface area contributed by atoms with Gasteiger partial charge in [0.05, 0.1) is 6.54 Å². The maximum absolute atomic E-state index is 12.5. The first-order valence-corrected chi connectivity index (χ1v) is 12.7. The number of fused-ring (bicyclic) bond motifs is 1. The summed E-state index contributed by atoms with van der Waals surface area (Å²) < 4.78 is 22.8. The molecule has 1 aliphatic rings. The second-order valence-corrected chi connectivity index (χ2v) is 9.30. The van der Waals surface area contributed by atoms with Gasteiger partial charge in [-0.3, -0.25) is 9.69 Å². The van der Waals surface area contributed by atoms with E-state index in [0.29, 0.717) is 25.5 Å². The van der Waals surface area contributed by atoms with Crippen LogP contribution in [0.3, 0.4) is 0 Å². The number of benzene rings is 3. The predicted molar refractivity (Wildman–Crippen MR) is 142 cm³/mol. The molecule has 0 saturated carbocycles. The number of para-hydroxylation sites is 1. The van der Waals surface area contributed by atoms with Crippen molar-refractivity contribution >= 4 is 5.91 Å². The number of nitrogens with zero attached hydrogens (tertiary/aromatic N) is 2. The topological polar surface area (TPSA) is 86.1 Å². The van der Waals surface area contributed by atoms with Crippen LogP contribution in [-0.4, -0.2) is 28.6 Å². The van der Waals surface area contributed by atoms with Crippen molar-refractivity contribution in [2.24, 2.45) is 0 Å². The fourth-order valence-electron chi connectivity index (χ4n) is 4.13. The Balaban J connectivity index is 1.34. The lowest BCUT2D eigenvalue weighted by Crippen LogP contribution is -2.32. The van der Waals surface area contributed by atoms with Crippen molar-refractivity contribution in [1.29, 1.82) is 0 Å². The van der Waals surface area contributed by atoms with Gasteiger partial charge in [-0.05, 0) is 60.9 Å². The highest BCUT2D eigenvalue weighted by Gasteiger charge is 2.19. The number of hydrogen-bond donors (Lipinski definition) is 1. The van der Waals surface area contributed by atoms with Gasteiger partial charge in [-0.2, -0.15) is 0 Å². The van der Waals surface area contributed by atoms with Gasteiger partial charge in [0.15, 0.2) is 17.2 Å². The van der Waals surface area contributed by atoms with Gasteiger partial charge in [-0.15, -0.1) is 0 Å². The predicted octanol–water partition coefficient (Wildman–Crippen LogP) is 5.93. The first-order valence-electron chi connectivity index (χ1n) is 12.7. The second-order valence-electron chi connectivity index (χ2n) is 9.30. The van der Waals surface area contributed by atoms with Crippen molar-refractivity contribution in [1.82, 2.24) is 15.2 Å². The lowest BCUT2D eigenvalue weighted by molar-refractivity contribution is 0.0934. The molecule has 1 amide bonds. The van der Waals surface area contributed by atoms with Crippen LogP contribution in [0, 0.1) is 0 Å². The molecule has 4 aromatic rings. The number of ether oxygens (including phenoxy) is 3. The third-order valence-electron chi connectivity index (χ3n) is 6.26. The van der Waals surface area contributed by atoms with Crippen LogP contribution >= 0.6 is 0 Å². The van der Waals surface area contributed by atoms with Crippen LogP contribution in [0.5, 0.6) is 23.0 Å². The molecule has 0 bridgehead atoms. The Morgan fingerprint density at radius 1 is 0.947 bits per heavy atom. The number of rotatable bonds is 11. The molecule has 8 nitrogen and oxygen atoms in total. The summed E-state index contributed by atoms with van der Waals surface area (Å²) in [4.78, 5) is 19.2. The van der Waals surface area contributed by atoms with Gasteiger partial charge in [0, 0.05) is 19.1 Å². The van der Waals surface area contributed by atoms with E-state index >= 15 is 0 Å². The smallest absolute Gasteiger partial charge is 0.273 e. The van der Waals surface area contributed by atoms with Crippen LogP contribution in [0.1, 0.15) is 47.8 Å². The zero-order valence-corrected chi connectivity index (χ0v) is 21.6. The van der Waals surface area contributed by atoms with Crippen molar-refractivity contribution in [3.8, 4) is 23.0 Å². The standard InChI is InChI=1S/C30H31N3O5/c1-3-21(2)31-30(34)26-19-35-29(32-26)18-33(17-23-12-13-27-28(15-23)37-20-36-27)16-22-8-7-11-25(14-22)38-24-9-5-4-6-10-24/h4-15,19,21H,3,16-18,20H2,1-2H3,(H,31,34). The Labute approximate surface area is 222 Å². The van der Waals surface area contributed by atoms with Crippen molar-refractivity contribution in [3.05, 3.63) is 102 Å². The summed E-state index contributed by atoms with van der Waals surface area (Å²) in [5, 5.41) is 2.93. The molecule has 0 radical (unpaired) electrons. The van der Waals surface area contributed by atoms with E-state index in [2.05, 4.69) is 21.3 Å². The number of amides is 1. The largest absolute Gasteiger partial charge is 0.457 e. The highest BCUT2D eigenvalue weighted by molar-refractivity contribution is 5.92. The highest BCUT2D eigenvalue weighted by Crippen LogP contribution is 2.33. The molecular formula is C30H31N3O5. The summed E-state index contributed by atoms with van der Waals surface area (Å²) in [5.41, 5.74) is 2.41. The molecule has 5 rings (SSSR count).